The predicted molar refractivity (Wildman–Crippen MR) is 76.9 cm³/mol. The summed E-state index contributed by atoms with van der Waals surface area (Å²) in [6, 6.07) is 0. The highest BCUT2D eigenvalue weighted by molar-refractivity contribution is 5.43. The molecule has 3 N–H and O–H groups in total. The van der Waals surface area contributed by atoms with E-state index in [0.29, 0.717) is 38.1 Å². The van der Waals surface area contributed by atoms with Crippen molar-refractivity contribution in [2.24, 2.45) is 0 Å². The second kappa shape index (κ2) is 7.20. The molecule has 0 atom stereocenters. The van der Waals surface area contributed by atoms with Crippen molar-refractivity contribution < 1.29 is 9.84 Å². The molecule has 8 nitrogen and oxygen atoms in total. The quantitative estimate of drug-likeness (QED) is 0.720. The largest absolute Gasteiger partial charge is 0.396 e. The van der Waals surface area contributed by atoms with Gasteiger partial charge in [-0.3, -0.25) is 0 Å². The molecule has 1 fully saturated rings. The van der Waals surface area contributed by atoms with Crippen LogP contribution in [-0.4, -0.2) is 66.1 Å². The Morgan fingerprint density at radius 3 is 2.70 bits per heavy atom. The van der Waals surface area contributed by atoms with Gasteiger partial charge in [-0.15, -0.1) is 0 Å². The molecule has 2 rings (SSSR count). The monoisotopic (exact) mass is 282 g/mol. The molecule has 0 bridgehead atoms. The first-order valence-electron chi connectivity index (χ1n) is 6.94. The third kappa shape index (κ3) is 3.67. The summed E-state index contributed by atoms with van der Waals surface area (Å²) in [5.74, 6) is 1.38. The number of hydrogen-bond acceptors (Lipinski definition) is 8. The number of aliphatic hydroxyl groups excluding tert-OH is 1. The fourth-order valence-electron chi connectivity index (χ4n) is 2.08. The minimum Gasteiger partial charge on any atom is -0.396 e. The molecule has 1 aromatic heterocycles. The van der Waals surface area contributed by atoms with Gasteiger partial charge in [-0.1, -0.05) is 0 Å². The standard InChI is InChI=1S/C12H22N6O2/c1-2-17(4-3-7-19)11-14-10(13)15-12(16-11)18-5-8-20-9-6-18/h19H,2-9H2,1H3,(H2,13,14,15,16). The molecule has 0 amide bonds. The number of aromatic nitrogens is 3. The van der Waals surface area contributed by atoms with Crippen molar-refractivity contribution in [3.8, 4) is 0 Å². The maximum Gasteiger partial charge on any atom is 0.232 e. The number of nitrogens with zero attached hydrogens (tertiary/aromatic N) is 5. The number of ether oxygens (including phenoxy) is 1. The zero-order chi connectivity index (χ0) is 14.4. The number of rotatable bonds is 6. The van der Waals surface area contributed by atoms with Crippen molar-refractivity contribution in [2.45, 2.75) is 13.3 Å². The summed E-state index contributed by atoms with van der Waals surface area (Å²) < 4.78 is 5.32. The van der Waals surface area contributed by atoms with E-state index in [1.807, 2.05) is 16.7 Å². The average molecular weight is 282 g/mol. The van der Waals surface area contributed by atoms with E-state index in [9.17, 15) is 0 Å². The molecule has 112 valence electrons. The number of nitrogens with two attached hydrogens (primary N) is 1. The molecule has 20 heavy (non-hydrogen) atoms. The highest BCUT2D eigenvalue weighted by Gasteiger charge is 2.17. The second-order valence-electron chi connectivity index (χ2n) is 4.55. The topological polar surface area (TPSA) is 101 Å². The van der Waals surface area contributed by atoms with Gasteiger partial charge in [0.15, 0.2) is 0 Å². The normalized spacial score (nSPS) is 15.4. The average Bonchev–Trinajstić information content (AvgIpc) is 2.48. The van der Waals surface area contributed by atoms with Crippen molar-refractivity contribution in [2.75, 3.05) is 61.5 Å². The molecular formula is C12H22N6O2. The Morgan fingerprint density at radius 1 is 1.30 bits per heavy atom. The van der Waals surface area contributed by atoms with E-state index >= 15 is 0 Å². The Morgan fingerprint density at radius 2 is 2.05 bits per heavy atom. The summed E-state index contributed by atoms with van der Waals surface area (Å²) in [4.78, 5) is 16.9. The van der Waals surface area contributed by atoms with Gasteiger partial charge in [0, 0.05) is 32.8 Å². The summed E-state index contributed by atoms with van der Waals surface area (Å²) >= 11 is 0. The number of nitrogen functional groups attached to an aromatic ring is 1. The van der Waals surface area contributed by atoms with Gasteiger partial charge in [-0.2, -0.15) is 15.0 Å². The fraction of sp³-hybridized carbons (Fsp3) is 0.750. The molecule has 0 radical (unpaired) electrons. The van der Waals surface area contributed by atoms with Crippen LogP contribution >= 0.6 is 0 Å². The molecule has 1 saturated heterocycles. The fourth-order valence-corrected chi connectivity index (χ4v) is 2.08. The van der Waals surface area contributed by atoms with Crippen molar-refractivity contribution in [3.05, 3.63) is 0 Å². The van der Waals surface area contributed by atoms with Crippen LogP contribution in [0.15, 0.2) is 0 Å². The zero-order valence-corrected chi connectivity index (χ0v) is 11.8. The third-order valence-electron chi connectivity index (χ3n) is 3.17. The molecule has 1 aliphatic heterocycles. The summed E-state index contributed by atoms with van der Waals surface area (Å²) in [6.45, 7) is 6.47. The Kier molecular flexibility index (Phi) is 5.31. The Balaban J connectivity index is 2.17. The minimum atomic E-state index is 0.146. The Hall–Kier alpha value is -1.67. The summed E-state index contributed by atoms with van der Waals surface area (Å²) in [5.41, 5.74) is 5.79. The lowest BCUT2D eigenvalue weighted by molar-refractivity contribution is 0.122. The molecule has 1 aliphatic rings. The van der Waals surface area contributed by atoms with Gasteiger partial charge in [0.05, 0.1) is 13.2 Å². The summed E-state index contributed by atoms with van der Waals surface area (Å²) in [6.07, 6.45) is 0.673. The smallest absolute Gasteiger partial charge is 0.232 e. The molecule has 1 aromatic rings. The van der Waals surface area contributed by atoms with Gasteiger partial charge in [0.25, 0.3) is 0 Å². The second-order valence-corrected chi connectivity index (χ2v) is 4.55. The first kappa shape index (κ1) is 14.7. The molecule has 0 spiro atoms. The summed E-state index contributed by atoms with van der Waals surface area (Å²) in [5, 5.41) is 8.94. The number of hydrogen-bond donors (Lipinski definition) is 2. The van der Waals surface area contributed by atoms with Crippen molar-refractivity contribution >= 4 is 17.8 Å². The van der Waals surface area contributed by atoms with E-state index < -0.39 is 0 Å². The number of aliphatic hydroxyl groups is 1. The lowest BCUT2D eigenvalue weighted by Crippen LogP contribution is -2.38. The van der Waals surface area contributed by atoms with E-state index in [1.165, 1.54) is 0 Å². The lowest BCUT2D eigenvalue weighted by atomic mass is 10.4. The Bertz CT molecular complexity index is 424. The SMILES string of the molecule is CCN(CCCO)c1nc(N)nc(N2CCOCC2)n1. The maximum atomic E-state index is 8.94. The van der Waals surface area contributed by atoms with Crippen molar-refractivity contribution in [1.29, 1.82) is 0 Å². The van der Waals surface area contributed by atoms with Gasteiger partial charge in [-0.25, -0.2) is 0 Å². The number of anilines is 3. The van der Waals surface area contributed by atoms with Crippen molar-refractivity contribution in [1.82, 2.24) is 15.0 Å². The van der Waals surface area contributed by atoms with Crippen LogP contribution in [0.4, 0.5) is 17.8 Å². The molecule has 8 heteroatoms. The van der Waals surface area contributed by atoms with Gasteiger partial charge < -0.3 is 25.4 Å². The lowest BCUT2D eigenvalue weighted by Gasteiger charge is -2.28. The molecule has 0 unspecified atom stereocenters. The van der Waals surface area contributed by atoms with E-state index in [-0.39, 0.29) is 12.6 Å². The van der Waals surface area contributed by atoms with E-state index in [4.69, 9.17) is 15.6 Å². The minimum absolute atomic E-state index is 0.146. The number of morpholine rings is 1. The third-order valence-corrected chi connectivity index (χ3v) is 3.17. The first-order valence-corrected chi connectivity index (χ1v) is 6.94. The molecule has 2 heterocycles. The van der Waals surface area contributed by atoms with Gasteiger partial charge in [-0.05, 0) is 13.3 Å². The highest BCUT2D eigenvalue weighted by atomic mass is 16.5. The van der Waals surface area contributed by atoms with Crippen LogP contribution in [0.5, 0.6) is 0 Å². The predicted octanol–water partition coefficient (Wildman–Crippen LogP) is -0.501. The van der Waals surface area contributed by atoms with Crippen LogP contribution in [0.2, 0.25) is 0 Å². The molecule has 0 aromatic carbocycles. The van der Waals surface area contributed by atoms with Crippen LogP contribution in [-0.2, 0) is 4.74 Å². The Labute approximate surface area is 118 Å². The van der Waals surface area contributed by atoms with Crippen LogP contribution < -0.4 is 15.5 Å². The van der Waals surface area contributed by atoms with Gasteiger partial charge >= 0.3 is 0 Å². The maximum absolute atomic E-state index is 8.94. The van der Waals surface area contributed by atoms with E-state index in [2.05, 4.69) is 15.0 Å². The van der Waals surface area contributed by atoms with Gasteiger partial charge in [0.2, 0.25) is 17.8 Å². The first-order chi connectivity index (χ1) is 9.74. The van der Waals surface area contributed by atoms with Gasteiger partial charge in [0.1, 0.15) is 0 Å². The van der Waals surface area contributed by atoms with Crippen LogP contribution in [0.25, 0.3) is 0 Å². The zero-order valence-electron chi connectivity index (χ0n) is 11.8. The van der Waals surface area contributed by atoms with Crippen LogP contribution in [0, 0.1) is 0 Å². The van der Waals surface area contributed by atoms with Crippen LogP contribution in [0.1, 0.15) is 13.3 Å². The molecule has 0 saturated carbocycles. The molecule has 0 aliphatic carbocycles. The summed E-state index contributed by atoms with van der Waals surface area (Å²) in [7, 11) is 0. The van der Waals surface area contributed by atoms with Crippen LogP contribution in [0.3, 0.4) is 0 Å². The van der Waals surface area contributed by atoms with Crippen molar-refractivity contribution in [3.63, 3.8) is 0 Å². The van der Waals surface area contributed by atoms with E-state index in [0.717, 1.165) is 19.6 Å². The highest BCUT2D eigenvalue weighted by Crippen LogP contribution is 2.16. The molecular weight excluding hydrogens is 260 g/mol. The van der Waals surface area contributed by atoms with E-state index in [1.54, 1.807) is 0 Å².